The van der Waals surface area contributed by atoms with Crippen LogP contribution in [0.25, 0.3) is 0 Å². The van der Waals surface area contributed by atoms with Gasteiger partial charge in [-0.25, -0.2) is 0 Å². The molecule has 19 heavy (non-hydrogen) atoms. The van der Waals surface area contributed by atoms with E-state index < -0.39 is 0 Å². The van der Waals surface area contributed by atoms with Gasteiger partial charge in [-0.3, -0.25) is 0 Å². The van der Waals surface area contributed by atoms with Crippen LogP contribution >= 0.6 is 0 Å². The molecule has 0 aromatic heterocycles. The molecule has 0 aromatic carbocycles. The molecule has 0 radical (unpaired) electrons. The average Bonchev–Trinajstić information content (AvgIpc) is 2.37. The summed E-state index contributed by atoms with van der Waals surface area (Å²) in [7, 11) is 4.52. The van der Waals surface area contributed by atoms with E-state index >= 15 is 0 Å². The van der Waals surface area contributed by atoms with E-state index in [1.165, 1.54) is 45.3 Å². The standard InChI is InChI=1S/C16H35N3/c1-14(2)6-7-15(3)17-10-13-19(5)16-8-11-18(4)12-9-16/h14-17H,6-13H2,1-5H3. The fraction of sp³-hybridized carbons (Fsp3) is 1.00. The van der Waals surface area contributed by atoms with Crippen molar-refractivity contribution in [3.63, 3.8) is 0 Å². The van der Waals surface area contributed by atoms with Crippen LogP contribution in [0.5, 0.6) is 0 Å². The largest absolute Gasteiger partial charge is 0.313 e. The molecule has 3 heteroatoms. The predicted octanol–water partition coefficient (Wildman–Crippen LogP) is 2.43. The van der Waals surface area contributed by atoms with Crippen molar-refractivity contribution >= 4 is 0 Å². The number of nitrogens with one attached hydrogen (secondary N) is 1. The zero-order valence-corrected chi connectivity index (χ0v) is 13.8. The van der Waals surface area contributed by atoms with Crippen molar-refractivity contribution in [1.82, 2.24) is 15.1 Å². The van der Waals surface area contributed by atoms with Crippen molar-refractivity contribution < 1.29 is 0 Å². The lowest BCUT2D eigenvalue weighted by molar-refractivity contribution is 0.144. The highest BCUT2D eigenvalue weighted by molar-refractivity contribution is 4.77. The highest BCUT2D eigenvalue weighted by atomic mass is 15.2. The molecule has 0 aliphatic carbocycles. The summed E-state index contributed by atoms with van der Waals surface area (Å²) in [6.07, 6.45) is 5.29. The molecule has 1 N–H and O–H groups in total. The third-order valence-corrected chi connectivity index (χ3v) is 4.45. The van der Waals surface area contributed by atoms with E-state index in [-0.39, 0.29) is 0 Å². The zero-order chi connectivity index (χ0) is 14.3. The summed E-state index contributed by atoms with van der Waals surface area (Å²) >= 11 is 0. The Morgan fingerprint density at radius 2 is 1.79 bits per heavy atom. The number of hydrogen-bond acceptors (Lipinski definition) is 3. The minimum Gasteiger partial charge on any atom is -0.313 e. The second kappa shape index (κ2) is 8.93. The molecule has 1 heterocycles. The molecule has 1 saturated heterocycles. The Balaban J connectivity index is 2.08. The Labute approximate surface area is 120 Å². The van der Waals surface area contributed by atoms with Gasteiger partial charge in [0.05, 0.1) is 0 Å². The average molecular weight is 269 g/mol. The van der Waals surface area contributed by atoms with Gasteiger partial charge in [0, 0.05) is 25.2 Å². The van der Waals surface area contributed by atoms with Crippen LogP contribution in [0.1, 0.15) is 46.5 Å². The van der Waals surface area contributed by atoms with Gasteiger partial charge in [-0.05, 0) is 65.7 Å². The number of rotatable bonds is 8. The SMILES string of the molecule is CC(C)CCC(C)NCCN(C)C1CCN(C)CC1. The lowest BCUT2D eigenvalue weighted by Crippen LogP contribution is -2.44. The van der Waals surface area contributed by atoms with Gasteiger partial charge < -0.3 is 15.1 Å². The number of piperidine rings is 1. The highest BCUT2D eigenvalue weighted by Gasteiger charge is 2.19. The van der Waals surface area contributed by atoms with Crippen molar-refractivity contribution in [3.05, 3.63) is 0 Å². The third kappa shape index (κ3) is 7.28. The molecule has 1 rings (SSSR count). The second-order valence-electron chi connectivity index (χ2n) is 6.84. The van der Waals surface area contributed by atoms with Crippen molar-refractivity contribution in [2.24, 2.45) is 5.92 Å². The van der Waals surface area contributed by atoms with Crippen LogP contribution in [-0.4, -0.2) is 62.2 Å². The molecule has 0 amide bonds. The summed E-state index contributed by atoms with van der Waals surface area (Å²) in [6, 6.07) is 1.46. The first-order valence-corrected chi connectivity index (χ1v) is 8.11. The molecular weight excluding hydrogens is 234 g/mol. The lowest BCUT2D eigenvalue weighted by Gasteiger charge is -2.35. The molecule has 1 atom stereocenters. The summed E-state index contributed by atoms with van der Waals surface area (Å²) in [5.41, 5.74) is 0. The van der Waals surface area contributed by atoms with E-state index in [4.69, 9.17) is 0 Å². The smallest absolute Gasteiger partial charge is 0.0117 e. The van der Waals surface area contributed by atoms with Crippen LogP contribution in [0.15, 0.2) is 0 Å². The lowest BCUT2D eigenvalue weighted by atomic mass is 10.0. The topological polar surface area (TPSA) is 18.5 Å². The molecule has 0 saturated carbocycles. The number of hydrogen-bond donors (Lipinski definition) is 1. The van der Waals surface area contributed by atoms with E-state index in [1.807, 2.05) is 0 Å². The van der Waals surface area contributed by atoms with Gasteiger partial charge in [-0.2, -0.15) is 0 Å². The van der Waals surface area contributed by atoms with Crippen molar-refractivity contribution in [2.75, 3.05) is 40.3 Å². The van der Waals surface area contributed by atoms with E-state index in [1.54, 1.807) is 0 Å². The van der Waals surface area contributed by atoms with Gasteiger partial charge in [-0.15, -0.1) is 0 Å². The molecule has 1 unspecified atom stereocenters. The maximum absolute atomic E-state index is 3.66. The van der Waals surface area contributed by atoms with E-state index in [2.05, 4.69) is 50.0 Å². The molecule has 3 nitrogen and oxygen atoms in total. The van der Waals surface area contributed by atoms with Crippen molar-refractivity contribution in [1.29, 1.82) is 0 Å². The maximum atomic E-state index is 3.66. The zero-order valence-electron chi connectivity index (χ0n) is 13.8. The first kappa shape index (κ1) is 16.9. The molecule has 1 fully saturated rings. The van der Waals surface area contributed by atoms with Gasteiger partial charge in [-0.1, -0.05) is 13.8 Å². The summed E-state index contributed by atoms with van der Waals surface area (Å²) < 4.78 is 0. The van der Waals surface area contributed by atoms with Crippen molar-refractivity contribution in [3.8, 4) is 0 Å². The number of likely N-dealkylation sites (N-methyl/N-ethyl adjacent to an activating group) is 1. The third-order valence-electron chi connectivity index (χ3n) is 4.45. The summed E-state index contributed by atoms with van der Waals surface area (Å²) in [5, 5.41) is 3.66. The molecule has 1 aliphatic rings. The Morgan fingerprint density at radius 3 is 2.37 bits per heavy atom. The van der Waals surface area contributed by atoms with E-state index in [0.29, 0.717) is 6.04 Å². The van der Waals surface area contributed by atoms with Crippen LogP contribution in [0, 0.1) is 5.92 Å². The normalized spacial score (nSPS) is 20.4. The molecule has 0 bridgehead atoms. The van der Waals surface area contributed by atoms with Gasteiger partial charge in [0.2, 0.25) is 0 Å². The van der Waals surface area contributed by atoms with E-state index in [0.717, 1.165) is 18.5 Å². The van der Waals surface area contributed by atoms with Crippen LogP contribution in [0.3, 0.4) is 0 Å². The minimum absolute atomic E-state index is 0.660. The predicted molar refractivity (Wildman–Crippen MR) is 84.7 cm³/mol. The first-order valence-electron chi connectivity index (χ1n) is 8.11. The number of nitrogens with zero attached hydrogens (tertiary/aromatic N) is 2. The van der Waals surface area contributed by atoms with Gasteiger partial charge in [0.25, 0.3) is 0 Å². The quantitative estimate of drug-likeness (QED) is 0.730. The highest BCUT2D eigenvalue weighted by Crippen LogP contribution is 2.13. The number of likely N-dealkylation sites (tertiary alicyclic amines) is 1. The van der Waals surface area contributed by atoms with E-state index in [9.17, 15) is 0 Å². The molecule has 1 aliphatic heterocycles. The Hall–Kier alpha value is -0.120. The molecular formula is C16H35N3. The van der Waals surface area contributed by atoms with Crippen LogP contribution in [0.2, 0.25) is 0 Å². The summed E-state index contributed by atoms with van der Waals surface area (Å²) in [5.74, 6) is 0.825. The van der Waals surface area contributed by atoms with Gasteiger partial charge in [0.15, 0.2) is 0 Å². The summed E-state index contributed by atoms with van der Waals surface area (Å²) in [4.78, 5) is 4.99. The summed E-state index contributed by atoms with van der Waals surface area (Å²) in [6.45, 7) is 11.8. The maximum Gasteiger partial charge on any atom is 0.0117 e. The molecule has 114 valence electrons. The monoisotopic (exact) mass is 269 g/mol. The van der Waals surface area contributed by atoms with Crippen LogP contribution < -0.4 is 5.32 Å². The van der Waals surface area contributed by atoms with Crippen LogP contribution in [-0.2, 0) is 0 Å². The minimum atomic E-state index is 0.660. The Bertz CT molecular complexity index is 222. The van der Waals surface area contributed by atoms with Crippen LogP contribution in [0.4, 0.5) is 0 Å². The van der Waals surface area contributed by atoms with Gasteiger partial charge >= 0.3 is 0 Å². The van der Waals surface area contributed by atoms with Crippen molar-refractivity contribution in [2.45, 2.75) is 58.5 Å². The Morgan fingerprint density at radius 1 is 1.16 bits per heavy atom. The Kier molecular flexibility index (Phi) is 7.96. The van der Waals surface area contributed by atoms with Gasteiger partial charge in [0.1, 0.15) is 0 Å². The fourth-order valence-electron chi connectivity index (χ4n) is 2.79. The second-order valence-corrected chi connectivity index (χ2v) is 6.84. The first-order chi connectivity index (χ1) is 8.99. The fourth-order valence-corrected chi connectivity index (χ4v) is 2.79. The molecule has 0 aromatic rings. The molecule has 0 spiro atoms.